The number of hydrogen-bond acceptors (Lipinski definition) is 5. The molecule has 1 aromatic carbocycles. The number of aromatic nitrogens is 2. The van der Waals surface area contributed by atoms with Crippen molar-refractivity contribution in [3.63, 3.8) is 0 Å². The van der Waals surface area contributed by atoms with Crippen LogP contribution in [0.2, 0.25) is 0 Å². The summed E-state index contributed by atoms with van der Waals surface area (Å²) in [4.78, 5) is 4.55. The summed E-state index contributed by atoms with van der Waals surface area (Å²) < 4.78 is 4.40. The zero-order chi connectivity index (χ0) is 13.7. The van der Waals surface area contributed by atoms with E-state index >= 15 is 0 Å². The summed E-state index contributed by atoms with van der Waals surface area (Å²) in [5.74, 6) is 0.894. The van der Waals surface area contributed by atoms with Gasteiger partial charge in [-0.05, 0) is 30.4 Å². The molecule has 102 valence electrons. The average molecular weight is 276 g/mol. The summed E-state index contributed by atoms with van der Waals surface area (Å²) >= 11 is 1.47. The first kappa shape index (κ1) is 14.1. The fraction of sp³-hybridized carbons (Fsp3) is 0.429. The third-order valence-corrected chi connectivity index (χ3v) is 3.83. The second kappa shape index (κ2) is 6.75. The molecule has 5 heteroatoms. The maximum atomic E-state index is 5.80. The molecule has 1 heterocycles. The van der Waals surface area contributed by atoms with Crippen LogP contribution in [0.1, 0.15) is 28.4 Å². The summed E-state index contributed by atoms with van der Waals surface area (Å²) in [6, 6.07) is 8.54. The highest BCUT2D eigenvalue weighted by Gasteiger charge is 2.07. The lowest BCUT2D eigenvalue weighted by Crippen LogP contribution is -2.29. The Morgan fingerprint density at radius 3 is 2.68 bits per heavy atom. The second-order valence-electron chi connectivity index (χ2n) is 4.80. The highest BCUT2D eigenvalue weighted by molar-refractivity contribution is 7.05. The molecule has 0 spiro atoms. The zero-order valence-electron chi connectivity index (χ0n) is 11.2. The molecule has 0 radical (unpaired) electrons. The van der Waals surface area contributed by atoms with Gasteiger partial charge in [0.1, 0.15) is 10.8 Å². The molecule has 1 unspecified atom stereocenters. The van der Waals surface area contributed by atoms with E-state index in [1.807, 2.05) is 0 Å². The molecule has 0 fully saturated rings. The molecule has 0 saturated carbocycles. The number of nitrogens with zero attached hydrogens (tertiary/aromatic N) is 2. The molecular weight excluding hydrogens is 256 g/mol. The van der Waals surface area contributed by atoms with Crippen molar-refractivity contribution in [2.24, 2.45) is 11.5 Å². The first-order valence-electron chi connectivity index (χ1n) is 6.50. The molecule has 0 saturated heterocycles. The van der Waals surface area contributed by atoms with Gasteiger partial charge in [0.2, 0.25) is 0 Å². The Hall–Kier alpha value is -1.30. The van der Waals surface area contributed by atoms with E-state index in [0.29, 0.717) is 6.54 Å². The van der Waals surface area contributed by atoms with Gasteiger partial charge in [-0.2, -0.15) is 4.37 Å². The van der Waals surface area contributed by atoms with Crippen molar-refractivity contribution in [3.05, 3.63) is 46.2 Å². The number of rotatable bonds is 6. The van der Waals surface area contributed by atoms with E-state index in [1.54, 1.807) is 0 Å². The van der Waals surface area contributed by atoms with Gasteiger partial charge >= 0.3 is 0 Å². The minimum atomic E-state index is 0.0597. The van der Waals surface area contributed by atoms with Crippen LogP contribution in [0.3, 0.4) is 0 Å². The van der Waals surface area contributed by atoms with Gasteiger partial charge in [0.15, 0.2) is 0 Å². The predicted molar refractivity (Wildman–Crippen MR) is 79.2 cm³/mol. The van der Waals surface area contributed by atoms with Gasteiger partial charge in [-0.1, -0.05) is 29.8 Å². The standard InChI is InChI=1S/C14H20N4S/c1-10-2-4-11(5-3-10)8-13-17-14(19-18-13)7-6-12(16)9-15/h2-5,12H,6-9,15-16H2,1H3. The van der Waals surface area contributed by atoms with Gasteiger partial charge in [0.25, 0.3) is 0 Å². The number of aryl methyl sites for hydroxylation is 2. The van der Waals surface area contributed by atoms with Gasteiger partial charge < -0.3 is 11.5 Å². The maximum absolute atomic E-state index is 5.80. The summed E-state index contributed by atoms with van der Waals surface area (Å²) in [7, 11) is 0. The average Bonchev–Trinajstić information content (AvgIpc) is 2.86. The van der Waals surface area contributed by atoms with Crippen LogP contribution in [-0.4, -0.2) is 21.9 Å². The molecule has 0 aliphatic heterocycles. The molecule has 4 nitrogen and oxygen atoms in total. The quantitative estimate of drug-likeness (QED) is 0.841. The molecule has 1 atom stereocenters. The smallest absolute Gasteiger partial charge is 0.146 e. The lowest BCUT2D eigenvalue weighted by atomic mass is 10.1. The van der Waals surface area contributed by atoms with Crippen LogP contribution in [0.4, 0.5) is 0 Å². The minimum Gasteiger partial charge on any atom is -0.329 e. The van der Waals surface area contributed by atoms with Gasteiger partial charge in [-0.25, -0.2) is 4.98 Å². The van der Waals surface area contributed by atoms with Gasteiger partial charge in [-0.15, -0.1) is 0 Å². The summed E-state index contributed by atoms with van der Waals surface area (Å²) in [6.07, 6.45) is 2.53. The largest absolute Gasteiger partial charge is 0.329 e. The van der Waals surface area contributed by atoms with Crippen LogP contribution < -0.4 is 11.5 Å². The Morgan fingerprint density at radius 2 is 2.00 bits per heavy atom. The van der Waals surface area contributed by atoms with E-state index in [4.69, 9.17) is 11.5 Å². The van der Waals surface area contributed by atoms with Crippen LogP contribution >= 0.6 is 11.5 Å². The number of nitrogens with two attached hydrogens (primary N) is 2. The Bertz CT molecular complexity index is 506. The molecule has 2 rings (SSSR count). The number of benzene rings is 1. The van der Waals surface area contributed by atoms with Crippen LogP contribution in [0.25, 0.3) is 0 Å². The van der Waals surface area contributed by atoms with Crippen LogP contribution in [0, 0.1) is 6.92 Å². The third-order valence-electron chi connectivity index (χ3n) is 3.02. The summed E-state index contributed by atoms with van der Waals surface area (Å²) in [5.41, 5.74) is 13.8. The van der Waals surface area contributed by atoms with Crippen molar-refractivity contribution < 1.29 is 0 Å². The fourth-order valence-electron chi connectivity index (χ4n) is 1.78. The molecule has 0 aliphatic rings. The highest BCUT2D eigenvalue weighted by Crippen LogP contribution is 2.12. The molecule has 1 aromatic heterocycles. The first-order valence-corrected chi connectivity index (χ1v) is 7.27. The normalized spacial score (nSPS) is 12.6. The zero-order valence-corrected chi connectivity index (χ0v) is 12.0. The summed E-state index contributed by atoms with van der Waals surface area (Å²) in [5, 5.41) is 1.05. The topological polar surface area (TPSA) is 77.8 Å². The predicted octanol–water partition coefficient (Wildman–Crippen LogP) is 1.66. The minimum absolute atomic E-state index is 0.0597. The van der Waals surface area contributed by atoms with Crippen molar-refractivity contribution in [1.82, 2.24) is 9.36 Å². The van der Waals surface area contributed by atoms with Crippen LogP contribution in [-0.2, 0) is 12.8 Å². The molecule has 4 N–H and O–H groups in total. The van der Waals surface area contributed by atoms with E-state index in [-0.39, 0.29) is 6.04 Å². The van der Waals surface area contributed by atoms with Crippen molar-refractivity contribution in [2.75, 3.05) is 6.54 Å². The van der Waals surface area contributed by atoms with E-state index in [2.05, 4.69) is 40.5 Å². The fourth-order valence-corrected chi connectivity index (χ4v) is 2.45. The first-order chi connectivity index (χ1) is 9.17. The van der Waals surface area contributed by atoms with Crippen molar-refractivity contribution in [3.8, 4) is 0 Å². The second-order valence-corrected chi connectivity index (χ2v) is 5.64. The van der Waals surface area contributed by atoms with E-state index < -0.39 is 0 Å². The highest BCUT2D eigenvalue weighted by atomic mass is 32.1. The van der Waals surface area contributed by atoms with E-state index in [1.165, 1.54) is 22.7 Å². The third kappa shape index (κ3) is 4.38. The van der Waals surface area contributed by atoms with Gasteiger partial charge in [-0.3, -0.25) is 0 Å². The Kier molecular flexibility index (Phi) is 5.01. The lowest BCUT2D eigenvalue weighted by molar-refractivity contribution is 0.621. The Balaban J connectivity index is 1.91. The lowest BCUT2D eigenvalue weighted by Gasteiger charge is -2.05. The van der Waals surface area contributed by atoms with Crippen LogP contribution in [0.15, 0.2) is 24.3 Å². The summed E-state index contributed by atoms with van der Waals surface area (Å²) in [6.45, 7) is 2.61. The molecule has 0 aliphatic carbocycles. The molecular formula is C14H20N4S. The van der Waals surface area contributed by atoms with Crippen LogP contribution in [0.5, 0.6) is 0 Å². The van der Waals surface area contributed by atoms with Gasteiger partial charge in [0, 0.05) is 25.4 Å². The van der Waals surface area contributed by atoms with Crippen molar-refractivity contribution in [1.29, 1.82) is 0 Å². The molecule has 0 bridgehead atoms. The SMILES string of the molecule is Cc1ccc(Cc2nsc(CCC(N)CN)n2)cc1. The Labute approximate surface area is 118 Å². The van der Waals surface area contributed by atoms with Gasteiger partial charge in [0.05, 0.1) is 0 Å². The molecule has 2 aromatic rings. The van der Waals surface area contributed by atoms with E-state index in [0.717, 1.165) is 30.1 Å². The number of hydrogen-bond donors (Lipinski definition) is 2. The van der Waals surface area contributed by atoms with Crippen molar-refractivity contribution >= 4 is 11.5 Å². The Morgan fingerprint density at radius 1 is 1.26 bits per heavy atom. The monoisotopic (exact) mass is 276 g/mol. The molecule has 0 amide bonds. The van der Waals surface area contributed by atoms with E-state index in [9.17, 15) is 0 Å². The molecule has 19 heavy (non-hydrogen) atoms. The van der Waals surface area contributed by atoms with Crippen molar-refractivity contribution in [2.45, 2.75) is 32.2 Å². The maximum Gasteiger partial charge on any atom is 0.146 e.